The van der Waals surface area contributed by atoms with Crippen LogP contribution in [-0.4, -0.2) is 29.1 Å². The Labute approximate surface area is 126 Å². The van der Waals surface area contributed by atoms with E-state index >= 15 is 0 Å². The molecular formula is C14H18N2O2S2. The molecule has 2 aromatic rings. The van der Waals surface area contributed by atoms with Gasteiger partial charge in [0.25, 0.3) is 5.91 Å². The second-order valence-electron chi connectivity index (χ2n) is 5.16. The number of thiazole rings is 1. The number of nitrogens with one attached hydrogen (secondary N) is 1. The normalized spacial score (nSPS) is 13.9. The number of aryl methyl sites for hydroxylation is 1. The molecule has 0 radical (unpaired) electrons. The minimum absolute atomic E-state index is 0.0290. The standard InChI is InChI=1S/C14H18N2O2S2/c1-10-16-12(7-20-10)13(18)15-8-14(2,9-17)6-11-4-3-5-19-11/h3-5,7,17H,6,8-9H2,1-2H3,(H,15,18). The van der Waals surface area contributed by atoms with Gasteiger partial charge in [-0.2, -0.15) is 0 Å². The van der Waals surface area contributed by atoms with Crippen LogP contribution in [0.15, 0.2) is 22.9 Å². The second-order valence-corrected chi connectivity index (χ2v) is 7.25. The summed E-state index contributed by atoms with van der Waals surface area (Å²) in [6.07, 6.45) is 0.748. The van der Waals surface area contributed by atoms with Crippen LogP contribution in [0, 0.1) is 12.3 Å². The molecule has 2 rings (SSSR count). The number of aromatic nitrogens is 1. The Morgan fingerprint density at radius 1 is 1.50 bits per heavy atom. The highest BCUT2D eigenvalue weighted by Gasteiger charge is 2.25. The van der Waals surface area contributed by atoms with E-state index in [0.717, 1.165) is 11.4 Å². The molecule has 1 atom stereocenters. The van der Waals surface area contributed by atoms with Gasteiger partial charge in [0.15, 0.2) is 0 Å². The summed E-state index contributed by atoms with van der Waals surface area (Å²) >= 11 is 3.12. The molecule has 0 aliphatic heterocycles. The molecule has 0 spiro atoms. The van der Waals surface area contributed by atoms with Crippen LogP contribution in [0.5, 0.6) is 0 Å². The van der Waals surface area contributed by atoms with Gasteiger partial charge in [-0.3, -0.25) is 4.79 Å². The summed E-state index contributed by atoms with van der Waals surface area (Å²) in [7, 11) is 0. The zero-order valence-electron chi connectivity index (χ0n) is 11.5. The first-order chi connectivity index (χ1) is 9.52. The molecule has 4 nitrogen and oxygen atoms in total. The highest BCUT2D eigenvalue weighted by atomic mass is 32.1. The number of thiophene rings is 1. The third-order valence-electron chi connectivity index (χ3n) is 3.09. The molecule has 0 aliphatic rings. The summed E-state index contributed by atoms with van der Waals surface area (Å²) in [6, 6.07) is 4.04. The lowest BCUT2D eigenvalue weighted by atomic mass is 9.87. The molecule has 0 aromatic carbocycles. The fourth-order valence-electron chi connectivity index (χ4n) is 1.86. The molecule has 0 fully saturated rings. The Morgan fingerprint density at radius 3 is 2.85 bits per heavy atom. The van der Waals surface area contributed by atoms with Crippen LogP contribution in [0.4, 0.5) is 0 Å². The van der Waals surface area contributed by atoms with E-state index in [4.69, 9.17) is 0 Å². The molecule has 108 valence electrons. The van der Waals surface area contributed by atoms with Gasteiger partial charge in [0.05, 0.1) is 11.6 Å². The van der Waals surface area contributed by atoms with Gasteiger partial charge < -0.3 is 10.4 Å². The van der Waals surface area contributed by atoms with E-state index in [9.17, 15) is 9.90 Å². The predicted molar refractivity (Wildman–Crippen MR) is 82.4 cm³/mol. The maximum absolute atomic E-state index is 12.0. The van der Waals surface area contributed by atoms with Crippen LogP contribution < -0.4 is 5.32 Å². The van der Waals surface area contributed by atoms with Gasteiger partial charge in [-0.15, -0.1) is 22.7 Å². The molecule has 0 saturated heterocycles. The van der Waals surface area contributed by atoms with Gasteiger partial charge in [-0.25, -0.2) is 4.98 Å². The SMILES string of the molecule is Cc1nc(C(=O)NCC(C)(CO)Cc2cccs2)cs1. The van der Waals surface area contributed by atoms with Crippen LogP contribution in [0.2, 0.25) is 0 Å². The van der Waals surface area contributed by atoms with Gasteiger partial charge in [0.2, 0.25) is 0 Å². The summed E-state index contributed by atoms with van der Waals surface area (Å²) in [5, 5.41) is 17.1. The molecule has 6 heteroatoms. The third kappa shape index (κ3) is 3.88. The van der Waals surface area contributed by atoms with Gasteiger partial charge >= 0.3 is 0 Å². The van der Waals surface area contributed by atoms with Crippen molar-refractivity contribution in [2.24, 2.45) is 5.41 Å². The number of nitrogens with zero attached hydrogens (tertiary/aromatic N) is 1. The van der Waals surface area contributed by atoms with Crippen molar-refractivity contribution in [2.75, 3.05) is 13.2 Å². The Balaban J connectivity index is 1.94. The van der Waals surface area contributed by atoms with E-state index in [1.54, 1.807) is 16.7 Å². The molecule has 2 aromatic heterocycles. The fraction of sp³-hybridized carbons (Fsp3) is 0.429. The highest BCUT2D eigenvalue weighted by molar-refractivity contribution is 7.10. The van der Waals surface area contributed by atoms with E-state index in [0.29, 0.717) is 12.2 Å². The molecule has 1 amide bonds. The third-order valence-corrected chi connectivity index (χ3v) is 4.74. The van der Waals surface area contributed by atoms with Crippen LogP contribution in [0.3, 0.4) is 0 Å². The van der Waals surface area contributed by atoms with E-state index in [2.05, 4.69) is 10.3 Å². The number of rotatable bonds is 6. The van der Waals surface area contributed by atoms with Gasteiger partial charge in [0.1, 0.15) is 5.69 Å². The smallest absolute Gasteiger partial charge is 0.270 e. The van der Waals surface area contributed by atoms with Crippen molar-refractivity contribution < 1.29 is 9.90 Å². The van der Waals surface area contributed by atoms with Crippen molar-refractivity contribution in [1.29, 1.82) is 0 Å². The van der Waals surface area contributed by atoms with Crippen molar-refractivity contribution in [1.82, 2.24) is 10.3 Å². The van der Waals surface area contributed by atoms with Crippen LogP contribution in [0.1, 0.15) is 27.3 Å². The molecule has 1 unspecified atom stereocenters. The van der Waals surface area contributed by atoms with Crippen molar-refractivity contribution in [2.45, 2.75) is 20.3 Å². The largest absolute Gasteiger partial charge is 0.396 e. The highest BCUT2D eigenvalue weighted by Crippen LogP contribution is 2.24. The fourth-order valence-corrected chi connectivity index (χ4v) is 3.37. The number of hydrogen-bond acceptors (Lipinski definition) is 5. The first-order valence-electron chi connectivity index (χ1n) is 6.36. The van der Waals surface area contributed by atoms with E-state index in [-0.39, 0.29) is 17.9 Å². The van der Waals surface area contributed by atoms with Crippen LogP contribution >= 0.6 is 22.7 Å². The van der Waals surface area contributed by atoms with Gasteiger partial charge in [0, 0.05) is 22.2 Å². The van der Waals surface area contributed by atoms with E-state index in [1.165, 1.54) is 16.2 Å². The van der Waals surface area contributed by atoms with Gasteiger partial charge in [-0.1, -0.05) is 13.0 Å². The quantitative estimate of drug-likeness (QED) is 0.861. The summed E-state index contributed by atoms with van der Waals surface area (Å²) in [4.78, 5) is 17.3. The Hall–Kier alpha value is -1.24. The van der Waals surface area contributed by atoms with Crippen molar-refractivity contribution in [3.63, 3.8) is 0 Å². The summed E-state index contributed by atoms with van der Waals surface area (Å²) in [5.74, 6) is -0.180. The maximum Gasteiger partial charge on any atom is 0.270 e. The van der Waals surface area contributed by atoms with Gasteiger partial charge in [-0.05, 0) is 24.8 Å². The number of amides is 1. The topological polar surface area (TPSA) is 62.2 Å². The molecule has 0 saturated carbocycles. The summed E-state index contributed by atoms with van der Waals surface area (Å²) in [6.45, 7) is 4.30. The Kier molecular flexibility index (Phi) is 4.91. The lowest BCUT2D eigenvalue weighted by Crippen LogP contribution is -2.39. The summed E-state index contributed by atoms with van der Waals surface area (Å²) < 4.78 is 0. The second kappa shape index (κ2) is 6.47. The number of carbonyl (C=O) groups is 1. The van der Waals surface area contributed by atoms with E-state index in [1.807, 2.05) is 31.4 Å². The zero-order chi connectivity index (χ0) is 14.6. The average molecular weight is 310 g/mol. The predicted octanol–water partition coefficient (Wildman–Crippen LogP) is 2.48. The number of aliphatic hydroxyl groups excluding tert-OH is 1. The van der Waals surface area contributed by atoms with Crippen molar-refractivity contribution in [3.05, 3.63) is 38.5 Å². The molecule has 20 heavy (non-hydrogen) atoms. The van der Waals surface area contributed by atoms with E-state index < -0.39 is 0 Å². The Morgan fingerprint density at radius 2 is 2.30 bits per heavy atom. The summed E-state index contributed by atoms with van der Waals surface area (Å²) in [5.41, 5.74) is 0.0925. The number of hydrogen-bond donors (Lipinski definition) is 2. The number of carbonyl (C=O) groups excluding carboxylic acids is 1. The lowest BCUT2D eigenvalue weighted by molar-refractivity contribution is 0.0892. The molecule has 0 bridgehead atoms. The number of aliphatic hydroxyl groups is 1. The Bertz CT molecular complexity index is 566. The van der Waals surface area contributed by atoms with Crippen LogP contribution in [0.25, 0.3) is 0 Å². The average Bonchev–Trinajstić information content (AvgIpc) is 3.07. The first kappa shape index (κ1) is 15.2. The zero-order valence-corrected chi connectivity index (χ0v) is 13.2. The van der Waals surface area contributed by atoms with Crippen LogP contribution in [-0.2, 0) is 6.42 Å². The minimum Gasteiger partial charge on any atom is -0.396 e. The first-order valence-corrected chi connectivity index (χ1v) is 8.12. The van der Waals surface area contributed by atoms with Crippen molar-refractivity contribution >= 4 is 28.6 Å². The molecule has 2 heterocycles. The lowest BCUT2D eigenvalue weighted by Gasteiger charge is -2.26. The maximum atomic E-state index is 12.0. The monoisotopic (exact) mass is 310 g/mol. The minimum atomic E-state index is -0.356. The molecule has 0 aliphatic carbocycles. The molecular weight excluding hydrogens is 292 g/mol. The van der Waals surface area contributed by atoms with Crippen molar-refractivity contribution in [3.8, 4) is 0 Å². The molecule has 2 N–H and O–H groups in total.